The van der Waals surface area contributed by atoms with Gasteiger partial charge in [0.05, 0.1) is 11.2 Å². The summed E-state index contributed by atoms with van der Waals surface area (Å²) in [6, 6.07) is 1.48. The van der Waals surface area contributed by atoms with Crippen LogP contribution in [0, 0.1) is 0 Å². The van der Waals surface area contributed by atoms with Gasteiger partial charge in [-0.05, 0) is 49.5 Å². The summed E-state index contributed by atoms with van der Waals surface area (Å²) in [5.41, 5.74) is -3.22. The summed E-state index contributed by atoms with van der Waals surface area (Å²) in [6.45, 7) is 0.371. The Balaban J connectivity index is 1.77. The summed E-state index contributed by atoms with van der Waals surface area (Å²) in [5.74, 6) is -1.83. The Morgan fingerprint density at radius 2 is 1.83 bits per heavy atom. The van der Waals surface area contributed by atoms with Crippen molar-refractivity contribution in [1.82, 2.24) is 15.5 Å². The molecule has 1 unspecified atom stereocenters. The Morgan fingerprint density at radius 1 is 1.14 bits per heavy atom. The molecule has 29 heavy (non-hydrogen) atoms. The first kappa shape index (κ1) is 19.8. The summed E-state index contributed by atoms with van der Waals surface area (Å²) < 4.78 is 42.2. The van der Waals surface area contributed by atoms with Gasteiger partial charge in [-0.25, -0.2) is 0 Å². The molecule has 156 valence electrons. The number of rotatable bonds is 2. The zero-order chi connectivity index (χ0) is 21.0. The number of carbonyl (C=O) groups is 3. The van der Waals surface area contributed by atoms with Gasteiger partial charge in [-0.1, -0.05) is 6.07 Å². The fraction of sp³-hybridized carbons (Fsp3) is 0.526. The lowest BCUT2D eigenvalue weighted by atomic mass is 9.80. The monoisotopic (exact) mass is 411 g/mol. The van der Waals surface area contributed by atoms with Crippen molar-refractivity contribution in [3.63, 3.8) is 0 Å². The first-order valence-corrected chi connectivity index (χ1v) is 9.43. The van der Waals surface area contributed by atoms with E-state index in [2.05, 4.69) is 10.6 Å². The summed E-state index contributed by atoms with van der Waals surface area (Å²) in [4.78, 5) is 37.4. The predicted molar refractivity (Wildman–Crippen MR) is 93.5 cm³/mol. The Kier molecular flexibility index (Phi) is 4.66. The Hall–Kier alpha value is -2.46. The third-order valence-electron chi connectivity index (χ3n) is 5.93. The van der Waals surface area contributed by atoms with E-state index in [9.17, 15) is 32.7 Å². The second kappa shape index (κ2) is 6.81. The van der Waals surface area contributed by atoms with Crippen molar-refractivity contribution in [2.24, 2.45) is 0 Å². The number of carbonyl (C=O) groups excluding carboxylic acids is 3. The minimum atomic E-state index is -4.78. The van der Waals surface area contributed by atoms with Gasteiger partial charge >= 0.3 is 6.18 Å². The number of nitrogens with one attached hydrogen (secondary N) is 2. The summed E-state index contributed by atoms with van der Waals surface area (Å²) in [7, 11) is 0. The van der Waals surface area contributed by atoms with E-state index in [-0.39, 0.29) is 42.4 Å². The van der Waals surface area contributed by atoms with Crippen LogP contribution >= 0.6 is 0 Å². The molecule has 2 saturated heterocycles. The van der Waals surface area contributed by atoms with Crippen molar-refractivity contribution < 1.29 is 32.7 Å². The van der Waals surface area contributed by atoms with Crippen molar-refractivity contribution in [1.29, 1.82) is 0 Å². The van der Waals surface area contributed by atoms with E-state index in [4.69, 9.17) is 0 Å². The number of halogens is 3. The van der Waals surface area contributed by atoms with Crippen molar-refractivity contribution in [3.8, 4) is 0 Å². The van der Waals surface area contributed by atoms with Gasteiger partial charge in [0, 0.05) is 18.5 Å². The van der Waals surface area contributed by atoms with E-state index in [0.29, 0.717) is 13.1 Å². The van der Waals surface area contributed by atoms with Gasteiger partial charge in [-0.2, -0.15) is 13.2 Å². The first-order chi connectivity index (χ1) is 13.6. The molecule has 3 aliphatic rings. The van der Waals surface area contributed by atoms with Crippen molar-refractivity contribution >= 4 is 17.7 Å². The highest BCUT2D eigenvalue weighted by Gasteiger charge is 2.48. The second-order valence-corrected chi connectivity index (χ2v) is 7.69. The molecule has 3 N–H and O–H groups in total. The standard InChI is InChI=1S/C19H20F3N3O4/c20-19(21,22)15-11-9-25(13-3-4-14(26)24-16(13)27)17(28)10(11)1-2-12(15)18(29)5-7-23-8-6-18/h1-2,13,23,29H,3-9H2,(H,24,26,27). The van der Waals surface area contributed by atoms with Gasteiger partial charge in [-0.15, -0.1) is 0 Å². The smallest absolute Gasteiger partial charge is 0.385 e. The number of hydrogen-bond donors (Lipinski definition) is 3. The zero-order valence-electron chi connectivity index (χ0n) is 15.4. The number of imide groups is 1. The maximum atomic E-state index is 14.1. The summed E-state index contributed by atoms with van der Waals surface area (Å²) in [5, 5.41) is 16.1. The van der Waals surface area contributed by atoms with Crippen LogP contribution in [-0.4, -0.2) is 46.9 Å². The average molecular weight is 411 g/mol. The molecule has 0 spiro atoms. The normalized spacial score (nSPS) is 24.5. The number of fused-ring (bicyclic) bond motifs is 1. The lowest BCUT2D eigenvalue weighted by molar-refractivity contribution is -0.142. The molecule has 3 heterocycles. The molecule has 1 atom stereocenters. The van der Waals surface area contributed by atoms with Crippen LogP contribution in [0.1, 0.15) is 52.7 Å². The molecular formula is C19H20F3N3O4. The van der Waals surface area contributed by atoms with Crippen molar-refractivity contribution in [2.45, 2.75) is 50.0 Å². The lowest BCUT2D eigenvalue weighted by Gasteiger charge is -2.35. The molecule has 3 aliphatic heterocycles. The minimum Gasteiger partial charge on any atom is -0.385 e. The molecule has 0 aromatic heterocycles. The molecule has 0 aliphatic carbocycles. The Morgan fingerprint density at radius 3 is 2.45 bits per heavy atom. The molecule has 1 aromatic rings. The van der Waals surface area contributed by atoms with E-state index in [0.717, 1.165) is 4.90 Å². The van der Waals surface area contributed by atoms with Crippen molar-refractivity contribution in [3.05, 3.63) is 34.4 Å². The highest BCUT2D eigenvalue weighted by atomic mass is 19.4. The quantitative estimate of drug-likeness (QED) is 0.632. The fourth-order valence-electron chi connectivity index (χ4n) is 4.46. The number of nitrogens with zero attached hydrogens (tertiary/aromatic N) is 1. The van der Waals surface area contributed by atoms with E-state index < -0.39 is 47.6 Å². The van der Waals surface area contributed by atoms with Gasteiger partial charge < -0.3 is 15.3 Å². The van der Waals surface area contributed by atoms with Crippen LogP contribution in [-0.2, 0) is 27.9 Å². The molecule has 0 bridgehead atoms. The lowest BCUT2D eigenvalue weighted by Crippen LogP contribution is -2.52. The van der Waals surface area contributed by atoms with E-state index in [1.165, 1.54) is 12.1 Å². The minimum absolute atomic E-state index is 0.0145. The highest BCUT2D eigenvalue weighted by Crippen LogP contribution is 2.45. The SMILES string of the molecule is O=C1CCC(N2Cc3c(ccc(C4(O)CCNCC4)c3C(F)(F)F)C2=O)C(=O)N1. The maximum Gasteiger partial charge on any atom is 0.417 e. The molecule has 2 fully saturated rings. The van der Waals surface area contributed by atoms with E-state index >= 15 is 0 Å². The topological polar surface area (TPSA) is 98.7 Å². The molecule has 7 nitrogen and oxygen atoms in total. The first-order valence-electron chi connectivity index (χ1n) is 9.43. The average Bonchev–Trinajstić information content (AvgIpc) is 2.97. The van der Waals surface area contributed by atoms with E-state index in [1.807, 2.05) is 0 Å². The molecule has 0 radical (unpaired) electrons. The number of piperidine rings is 2. The largest absolute Gasteiger partial charge is 0.417 e. The second-order valence-electron chi connectivity index (χ2n) is 7.69. The van der Waals surface area contributed by atoms with Crippen molar-refractivity contribution in [2.75, 3.05) is 13.1 Å². The van der Waals surface area contributed by atoms with Crippen LogP contribution in [0.15, 0.2) is 12.1 Å². The number of alkyl halides is 3. The van der Waals surface area contributed by atoms with Crippen LogP contribution in [0.2, 0.25) is 0 Å². The number of amides is 3. The van der Waals surface area contributed by atoms with Gasteiger partial charge in [-0.3, -0.25) is 19.7 Å². The third kappa shape index (κ3) is 3.29. The Labute approximate surface area is 164 Å². The van der Waals surface area contributed by atoms with E-state index in [1.54, 1.807) is 0 Å². The van der Waals surface area contributed by atoms with Crippen LogP contribution in [0.25, 0.3) is 0 Å². The van der Waals surface area contributed by atoms with Crippen LogP contribution < -0.4 is 10.6 Å². The molecular weight excluding hydrogens is 391 g/mol. The fourth-order valence-corrected chi connectivity index (χ4v) is 4.46. The molecule has 4 rings (SSSR count). The number of aliphatic hydroxyl groups is 1. The van der Waals surface area contributed by atoms with Gasteiger partial charge in [0.15, 0.2) is 0 Å². The molecule has 10 heteroatoms. The van der Waals surface area contributed by atoms with Gasteiger partial charge in [0.2, 0.25) is 11.8 Å². The predicted octanol–water partition coefficient (Wildman–Crippen LogP) is 1.04. The van der Waals surface area contributed by atoms with Crippen LogP contribution in [0.4, 0.5) is 13.2 Å². The summed E-state index contributed by atoms with van der Waals surface area (Å²) >= 11 is 0. The van der Waals surface area contributed by atoms with Crippen LogP contribution in [0.5, 0.6) is 0 Å². The number of hydrogen-bond acceptors (Lipinski definition) is 5. The third-order valence-corrected chi connectivity index (χ3v) is 5.93. The van der Waals surface area contributed by atoms with Crippen LogP contribution in [0.3, 0.4) is 0 Å². The molecule has 1 aromatic carbocycles. The Bertz CT molecular complexity index is 893. The van der Waals surface area contributed by atoms with Gasteiger partial charge in [0.1, 0.15) is 6.04 Å². The van der Waals surface area contributed by atoms with Gasteiger partial charge in [0.25, 0.3) is 5.91 Å². The highest BCUT2D eigenvalue weighted by molar-refractivity contribution is 6.05. The number of benzene rings is 1. The summed E-state index contributed by atoms with van der Waals surface area (Å²) in [6.07, 6.45) is -4.45. The molecule has 0 saturated carbocycles. The maximum absolute atomic E-state index is 14.1. The zero-order valence-corrected chi connectivity index (χ0v) is 15.4. The molecule has 3 amide bonds.